The van der Waals surface area contributed by atoms with E-state index in [9.17, 15) is 14.4 Å². The van der Waals surface area contributed by atoms with Gasteiger partial charge in [0.1, 0.15) is 0 Å². The molecule has 0 bridgehead atoms. The fourth-order valence-corrected chi connectivity index (χ4v) is 3.17. The summed E-state index contributed by atoms with van der Waals surface area (Å²) in [5.41, 5.74) is 0.535. The maximum absolute atomic E-state index is 12.4. The molecular formula is C23H28N4O4. The first-order valence-electron chi connectivity index (χ1n) is 10.4. The van der Waals surface area contributed by atoms with Gasteiger partial charge in [0.15, 0.2) is 12.4 Å². The largest absolute Gasteiger partial charge is 0.457 e. The fourth-order valence-electron chi connectivity index (χ4n) is 3.17. The summed E-state index contributed by atoms with van der Waals surface area (Å²) in [6, 6.07) is 8.33. The van der Waals surface area contributed by atoms with Crippen molar-refractivity contribution in [3.8, 4) is 0 Å². The molecule has 0 spiro atoms. The van der Waals surface area contributed by atoms with E-state index in [0.29, 0.717) is 43.1 Å². The number of carbonyl (C=O) groups is 3. The molecule has 1 aromatic heterocycles. The van der Waals surface area contributed by atoms with Gasteiger partial charge in [-0.2, -0.15) is 0 Å². The number of ether oxygens (including phenoxy) is 1. The molecule has 0 radical (unpaired) electrons. The Kier molecular flexibility index (Phi) is 6.99. The third-order valence-electron chi connectivity index (χ3n) is 5.15. The van der Waals surface area contributed by atoms with E-state index < -0.39 is 5.41 Å². The van der Waals surface area contributed by atoms with Crippen LogP contribution in [-0.2, 0) is 14.3 Å². The second-order valence-electron chi connectivity index (χ2n) is 8.62. The molecule has 1 aliphatic rings. The van der Waals surface area contributed by atoms with Gasteiger partial charge in [-0.15, -0.1) is 0 Å². The topological polar surface area (TPSA) is 101 Å². The molecule has 164 valence electrons. The number of hydrogen-bond donors (Lipinski definition) is 1. The maximum atomic E-state index is 12.4. The van der Waals surface area contributed by atoms with Crippen LogP contribution in [0.3, 0.4) is 0 Å². The molecular weight excluding hydrogens is 396 g/mol. The van der Waals surface area contributed by atoms with E-state index in [0.717, 1.165) is 0 Å². The number of piperidine rings is 1. The predicted octanol–water partition coefficient (Wildman–Crippen LogP) is 3.10. The summed E-state index contributed by atoms with van der Waals surface area (Å²) in [5.74, 6) is -0.312. The number of carbonyl (C=O) groups excluding carboxylic acids is 3. The Balaban J connectivity index is 1.45. The Morgan fingerprint density at radius 1 is 1.06 bits per heavy atom. The number of nitrogens with one attached hydrogen (secondary N) is 1. The lowest BCUT2D eigenvalue weighted by Crippen LogP contribution is -2.38. The van der Waals surface area contributed by atoms with Gasteiger partial charge in [0.2, 0.25) is 11.9 Å². The highest BCUT2D eigenvalue weighted by atomic mass is 16.5. The van der Waals surface area contributed by atoms with Crippen LogP contribution < -0.4 is 10.2 Å². The molecule has 31 heavy (non-hydrogen) atoms. The number of anilines is 2. The van der Waals surface area contributed by atoms with Crippen LogP contribution in [0.5, 0.6) is 0 Å². The van der Waals surface area contributed by atoms with Gasteiger partial charge < -0.3 is 15.0 Å². The summed E-state index contributed by atoms with van der Waals surface area (Å²) in [6.45, 7) is 6.52. The lowest BCUT2D eigenvalue weighted by Gasteiger charge is -2.30. The van der Waals surface area contributed by atoms with Crippen molar-refractivity contribution < 1.29 is 19.1 Å². The number of hydrogen-bond acceptors (Lipinski definition) is 7. The van der Waals surface area contributed by atoms with Crippen molar-refractivity contribution in [3.05, 3.63) is 48.3 Å². The molecule has 0 atom stereocenters. The van der Waals surface area contributed by atoms with E-state index in [1.807, 2.05) is 25.7 Å². The van der Waals surface area contributed by atoms with Gasteiger partial charge in [-0.05, 0) is 43.2 Å². The van der Waals surface area contributed by atoms with Gasteiger partial charge in [0, 0.05) is 42.1 Å². The molecule has 0 aliphatic carbocycles. The summed E-state index contributed by atoms with van der Waals surface area (Å²) in [5, 5.41) is 2.81. The zero-order chi connectivity index (χ0) is 22.4. The van der Waals surface area contributed by atoms with Crippen molar-refractivity contribution in [2.45, 2.75) is 33.6 Å². The highest BCUT2D eigenvalue weighted by molar-refractivity contribution is 5.99. The highest BCUT2D eigenvalue weighted by Gasteiger charge is 2.27. The quantitative estimate of drug-likeness (QED) is 0.561. The van der Waals surface area contributed by atoms with Gasteiger partial charge in [-0.3, -0.25) is 14.4 Å². The van der Waals surface area contributed by atoms with E-state index in [2.05, 4.69) is 15.3 Å². The monoisotopic (exact) mass is 424 g/mol. The zero-order valence-electron chi connectivity index (χ0n) is 18.1. The number of ketones is 1. The number of rotatable bonds is 6. The average molecular weight is 425 g/mol. The summed E-state index contributed by atoms with van der Waals surface area (Å²) in [4.78, 5) is 47.3. The molecule has 8 heteroatoms. The Hall–Kier alpha value is -3.29. The van der Waals surface area contributed by atoms with Crippen molar-refractivity contribution in [2.75, 3.05) is 29.9 Å². The van der Waals surface area contributed by atoms with Crippen LogP contribution in [0.4, 0.5) is 11.6 Å². The standard InChI is InChI=1S/C23H28N4O4/c1-23(2,3)21(30)26-18-7-5-16(6-8-18)19(28)15-31-20(29)17-9-13-27(14-10-17)22-24-11-4-12-25-22/h4-8,11-12,17H,9-10,13-15H2,1-3H3,(H,26,30). The van der Waals surface area contributed by atoms with Crippen molar-refractivity contribution in [3.63, 3.8) is 0 Å². The second-order valence-corrected chi connectivity index (χ2v) is 8.62. The Labute approximate surface area is 182 Å². The minimum Gasteiger partial charge on any atom is -0.457 e. The summed E-state index contributed by atoms with van der Waals surface area (Å²) in [6.07, 6.45) is 4.65. The van der Waals surface area contributed by atoms with E-state index in [1.165, 1.54) is 0 Å². The molecule has 1 saturated heterocycles. The summed E-state index contributed by atoms with van der Waals surface area (Å²) < 4.78 is 5.27. The fraction of sp³-hybridized carbons (Fsp3) is 0.435. The van der Waals surface area contributed by atoms with Crippen LogP contribution in [-0.4, -0.2) is 47.3 Å². The number of aromatic nitrogens is 2. The summed E-state index contributed by atoms with van der Waals surface area (Å²) >= 11 is 0. The third-order valence-corrected chi connectivity index (χ3v) is 5.15. The first-order valence-corrected chi connectivity index (χ1v) is 10.4. The number of nitrogens with zero attached hydrogens (tertiary/aromatic N) is 3. The maximum Gasteiger partial charge on any atom is 0.309 e. The normalized spacial score (nSPS) is 14.7. The molecule has 1 aromatic carbocycles. The molecule has 1 N–H and O–H groups in total. The lowest BCUT2D eigenvalue weighted by atomic mass is 9.95. The second kappa shape index (κ2) is 9.68. The van der Waals surface area contributed by atoms with Gasteiger partial charge in [0.25, 0.3) is 0 Å². The average Bonchev–Trinajstić information content (AvgIpc) is 2.78. The van der Waals surface area contributed by atoms with E-state index in [4.69, 9.17) is 4.74 Å². The third kappa shape index (κ3) is 6.10. The van der Waals surface area contributed by atoms with Crippen LogP contribution >= 0.6 is 0 Å². The minimum absolute atomic E-state index is 0.106. The molecule has 8 nitrogen and oxygen atoms in total. The first-order chi connectivity index (χ1) is 14.7. The van der Waals surface area contributed by atoms with Gasteiger partial charge in [0.05, 0.1) is 5.92 Å². The minimum atomic E-state index is -0.507. The first kappa shape index (κ1) is 22.4. The molecule has 2 heterocycles. The summed E-state index contributed by atoms with van der Waals surface area (Å²) in [7, 11) is 0. The predicted molar refractivity (Wildman–Crippen MR) is 117 cm³/mol. The molecule has 1 aliphatic heterocycles. The van der Waals surface area contributed by atoms with Gasteiger partial charge in [-0.1, -0.05) is 20.8 Å². The molecule has 1 amide bonds. The Bertz CT molecular complexity index is 915. The van der Waals surface area contributed by atoms with Crippen molar-refractivity contribution in [2.24, 2.45) is 11.3 Å². The molecule has 3 rings (SSSR count). The molecule has 2 aromatic rings. The number of benzene rings is 1. The Morgan fingerprint density at radius 3 is 2.26 bits per heavy atom. The lowest BCUT2D eigenvalue weighted by molar-refractivity contribution is -0.148. The SMILES string of the molecule is CC(C)(C)C(=O)Nc1ccc(C(=O)COC(=O)C2CCN(c3ncccn3)CC2)cc1. The van der Waals surface area contributed by atoms with E-state index in [-0.39, 0.29) is 30.2 Å². The van der Waals surface area contributed by atoms with Gasteiger partial charge in [-0.25, -0.2) is 9.97 Å². The van der Waals surface area contributed by atoms with Crippen LogP contribution in [0.25, 0.3) is 0 Å². The molecule has 0 saturated carbocycles. The van der Waals surface area contributed by atoms with Crippen LogP contribution in [0.2, 0.25) is 0 Å². The number of esters is 1. The van der Waals surface area contributed by atoms with E-state index >= 15 is 0 Å². The van der Waals surface area contributed by atoms with Crippen LogP contribution in [0, 0.1) is 11.3 Å². The zero-order valence-corrected chi connectivity index (χ0v) is 18.1. The molecule has 0 unspecified atom stereocenters. The highest BCUT2D eigenvalue weighted by Crippen LogP contribution is 2.22. The van der Waals surface area contributed by atoms with Crippen LogP contribution in [0.15, 0.2) is 42.7 Å². The van der Waals surface area contributed by atoms with Crippen LogP contribution in [0.1, 0.15) is 44.0 Å². The number of Topliss-reactive ketones (excluding diaryl/α,β-unsaturated/α-hetero) is 1. The molecule has 1 fully saturated rings. The van der Waals surface area contributed by atoms with Crippen molar-refractivity contribution in [1.82, 2.24) is 9.97 Å². The van der Waals surface area contributed by atoms with Gasteiger partial charge >= 0.3 is 5.97 Å². The van der Waals surface area contributed by atoms with Crippen molar-refractivity contribution in [1.29, 1.82) is 0 Å². The number of amides is 1. The van der Waals surface area contributed by atoms with E-state index in [1.54, 1.807) is 42.7 Å². The smallest absolute Gasteiger partial charge is 0.309 e. The van der Waals surface area contributed by atoms with Crippen molar-refractivity contribution >= 4 is 29.3 Å². The Morgan fingerprint density at radius 2 is 1.68 bits per heavy atom.